The third-order valence-electron chi connectivity index (χ3n) is 5.37. The van der Waals surface area contributed by atoms with Crippen molar-refractivity contribution in [1.82, 2.24) is 20.4 Å². The van der Waals surface area contributed by atoms with Gasteiger partial charge in [-0.25, -0.2) is 13.5 Å². The first-order valence-corrected chi connectivity index (χ1v) is 10.4. The zero-order valence-corrected chi connectivity index (χ0v) is 20.2. The first-order chi connectivity index (χ1) is 15.1. The Kier molecular flexibility index (Phi) is 8.43. The molecule has 1 aliphatic rings. The van der Waals surface area contributed by atoms with Crippen molar-refractivity contribution >= 4 is 35.6 Å². The summed E-state index contributed by atoms with van der Waals surface area (Å²) in [6, 6.07) is 13.8. The van der Waals surface area contributed by atoms with Crippen LogP contribution in [0.2, 0.25) is 0 Å². The summed E-state index contributed by atoms with van der Waals surface area (Å²) in [6.45, 7) is 2.05. The molecule has 2 N–H and O–H groups in total. The largest absolute Gasteiger partial charge is 0.367 e. The lowest BCUT2D eigenvalue weighted by molar-refractivity contribution is 0.580. The van der Waals surface area contributed by atoms with Crippen LogP contribution in [0.4, 0.5) is 14.5 Å². The van der Waals surface area contributed by atoms with Gasteiger partial charge in [0.25, 0.3) is 0 Å². The lowest BCUT2D eigenvalue weighted by atomic mass is 10.2. The molecule has 0 amide bonds. The van der Waals surface area contributed by atoms with Gasteiger partial charge < -0.3 is 15.5 Å². The summed E-state index contributed by atoms with van der Waals surface area (Å²) in [5.74, 6) is -0.380. The van der Waals surface area contributed by atoms with Gasteiger partial charge in [0.05, 0.1) is 17.6 Å². The summed E-state index contributed by atoms with van der Waals surface area (Å²) in [5, 5.41) is 11.1. The molecule has 2 aromatic carbocycles. The number of para-hydroxylation sites is 1. The lowest BCUT2D eigenvalue weighted by Crippen LogP contribution is -2.45. The van der Waals surface area contributed by atoms with Crippen LogP contribution in [-0.4, -0.2) is 48.5 Å². The monoisotopic (exact) mass is 552 g/mol. The third kappa shape index (κ3) is 5.96. The minimum absolute atomic E-state index is 0. The highest BCUT2D eigenvalue weighted by atomic mass is 127. The van der Waals surface area contributed by atoms with Crippen molar-refractivity contribution in [3.05, 3.63) is 78.1 Å². The van der Waals surface area contributed by atoms with Crippen LogP contribution in [0, 0.1) is 11.6 Å². The Morgan fingerprint density at radius 1 is 1.19 bits per heavy atom. The van der Waals surface area contributed by atoms with E-state index in [9.17, 15) is 8.78 Å². The summed E-state index contributed by atoms with van der Waals surface area (Å²) >= 11 is 0. The fraction of sp³-hybridized carbons (Fsp3) is 0.304. The molecule has 9 heteroatoms. The van der Waals surface area contributed by atoms with Crippen molar-refractivity contribution in [3.8, 4) is 5.69 Å². The number of guanidine groups is 1. The number of nitrogens with one attached hydrogen (secondary N) is 2. The predicted octanol–water partition coefficient (Wildman–Crippen LogP) is 3.75. The van der Waals surface area contributed by atoms with Crippen molar-refractivity contribution in [2.45, 2.75) is 18.9 Å². The molecule has 2 heterocycles. The van der Waals surface area contributed by atoms with Crippen molar-refractivity contribution in [1.29, 1.82) is 0 Å². The smallest absolute Gasteiger partial charge is 0.191 e. The van der Waals surface area contributed by atoms with E-state index in [1.807, 2.05) is 52.3 Å². The Morgan fingerprint density at radius 3 is 2.75 bits per heavy atom. The van der Waals surface area contributed by atoms with E-state index in [0.717, 1.165) is 30.2 Å². The van der Waals surface area contributed by atoms with Gasteiger partial charge >= 0.3 is 0 Å². The second-order valence-corrected chi connectivity index (χ2v) is 7.55. The molecular formula is C23H27F2IN6. The third-order valence-corrected chi connectivity index (χ3v) is 5.37. The Balaban J connectivity index is 0.00000289. The molecule has 1 saturated heterocycles. The average Bonchev–Trinajstić information content (AvgIpc) is 3.43. The Bertz CT molecular complexity index is 1040. The van der Waals surface area contributed by atoms with Crippen LogP contribution in [-0.2, 0) is 6.42 Å². The van der Waals surface area contributed by atoms with E-state index < -0.39 is 11.6 Å². The lowest BCUT2D eigenvalue weighted by Gasteiger charge is -2.21. The normalized spacial score (nSPS) is 16.0. The van der Waals surface area contributed by atoms with Gasteiger partial charge in [-0.3, -0.25) is 4.99 Å². The number of hydrogen-bond acceptors (Lipinski definition) is 3. The molecule has 1 atom stereocenters. The van der Waals surface area contributed by atoms with Crippen molar-refractivity contribution < 1.29 is 8.78 Å². The molecule has 6 nitrogen and oxygen atoms in total. The highest BCUT2D eigenvalue weighted by molar-refractivity contribution is 14.0. The Hall–Kier alpha value is -2.69. The summed E-state index contributed by atoms with van der Waals surface area (Å²) in [6.07, 6.45) is 5.56. The van der Waals surface area contributed by atoms with E-state index in [2.05, 4.69) is 20.7 Å². The number of anilines is 1. The predicted molar refractivity (Wildman–Crippen MR) is 134 cm³/mol. The molecular weight excluding hydrogens is 525 g/mol. The molecule has 1 unspecified atom stereocenters. The zero-order chi connectivity index (χ0) is 21.6. The van der Waals surface area contributed by atoms with Gasteiger partial charge in [0.15, 0.2) is 5.96 Å². The van der Waals surface area contributed by atoms with Gasteiger partial charge in [-0.15, -0.1) is 24.0 Å². The topological polar surface area (TPSA) is 57.5 Å². The number of aromatic nitrogens is 2. The molecule has 1 aromatic heterocycles. The van der Waals surface area contributed by atoms with Crippen molar-refractivity contribution in [3.63, 3.8) is 0 Å². The minimum Gasteiger partial charge on any atom is -0.367 e. The molecule has 4 rings (SSSR count). The average molecular weight is 552 g/mol. The first-order valence-electron chi connectivity index (χ1n) is 10.4. The number of benzene rings is 2. The molecule has 0 aliphatic carbocycles. The molecule has 1 aliphatic heterocycles. The Morgan fingerprint density at radius 2 is 2.00 bits per heavy atom. The van der Waals surface area contributed by atoms with Crippen LogP contribution in [0.5, 0.6) is 0 Å². The van der Waals surface area contributed by atoms with Crippen LogP contribution in [0.1, 0.15) is 12.0 Å². The number of hydrogen-bond donors (Lipinski definition) is 2. The standard InChI is InChI=1S/C23H26F2N6.HI/c1-26-23(27-11-9-17-14-28-31(15-17)20-5-3-2-4-6-20)29-19-10-12-30(16-19)22-8-7-18(24)13-21(22)25;/h2-8,13-15,19H,9-12,16H2,1H3,(H2,26,27,29);1H. The van der Waals surface area contributed by atoms with E-state index in [4.69, 9.17) is 0 Å². The number of nitrogens with zero attached hydrogens (tertiary/aromatic N) is 4. The number of aliphatic imine (C=N–C) groups is 1. The molecule has 0 radical (unpaired) electrons. The molecule has 0 saturated carbocycles. The molecule has 1 fully saturated rings. The van der Waals surface area contributed by atoms with Crippen LogP contribution >= 0.6 is 24.0 Å². The van der Waals surface area contributed by atoms with Gasteiger partial charge in [0.2, 0.25) is 0 Å². The van der Waals surface area contributed by atoms with E-state index in [1.165, 1.54) is 12.1 Å². The molecule has 0 spiro atoms. The van der Waals surface area contributed by atoms with Crippen LogP contribution in [0.3, 0.4) is 0 Å². The van der Waals surface area contributed by atoms with Crippen LogP contribution < -0.4 is 15.5 Å². The van der Waals surface area contributed by atoms with E-state index in [1.54, 1.807) is 7.05 Å². The van der Waals surface area contributed by atoms with Crippen molar-refractivity contribution in [2.75, 3.05) is 31.6 Å². The summed E-state index contributed by atoms with van der Waals surface area (Å²) in [7, 11) is 1.73. The fourth-order valence-electron chi connectivity index (χ4n) is 3.76. The molecule has 3 aromatic rings. The fourth-order valence-corrected chi connectivity index (χ4v) is 3.76. The van der Waals surface area contributed by atoms with Crippen molar-refractivity contribution in [2.24, 2.45) is 4.99 Å². The van der Waals surface area contributed by atoms with Gasteiger partial charge in [0.1, 0.15) is 11.6 Å². The van der Waals surface area contributed by atoms with E-state index in [-0.39, 0.29) is 30.0 Å². The van der Waals surface area contributed by atoms with Gasteiger partial charge in [-0.1, -0.05) is 18.2 Å². The van der Waals surface area contributed by atoms with E-state index >= 15 is 0 Å². The number of rotatable bonds is 6. The maximum Gasteiger partial charge on any atom is 0.191 e. The maximum absolute atomic E-state index is 14.1. The first kappa shape index (κ1) is 24.0. The van der Waals surface area contributed by atoms with Gasteiger partial charge in [-0.2, -0.15) is 5.10 Å². The summed E-state index contributed by atoms with van der Waals surface area (Å²) in [4.78, 5) is 6.22. The molecule has 170 valence electrons. The van der Waals surface area contributed by atoms with Crippen LogP contribution in [0.25, 0.3) is 5.69 Å². The van der Waals surface area contributed by atoms with Crippen LogP contribution in [0.15, 0.2) is 65.9 Å². The SMILES string of the molecule is CN=C(NCCc1cnn(-c2ccccc2)c1)NC1CCN(c2ccc(F)cc2F)C1.I. The summed E-state index contributed by atoms with van der Waals surface area (Å²) in [5.41, 5.74) is 2.59. The minimum atomic E-state index is -0.561. The Labute approximate surface area is 203 Å². The maximum atomic E-state index is 14.1. The highest BCUT2D eigenvalue weighted by Crippen LogP contribution is 2.24. The molecule has 32 heavy (non-hydrogen) atoms. The molecule has 0 bridgehead atoms. The zero-order valence-electron chi connectivity index (χ0n) is 17.8. The second kappa shape index (κ2) is 11.3. The van der Waals surface area contributed by atoms with E-state index in [0.29, 0.717) is 31.3 Å². The van der Waals surface area contributed by atoms with Gasteiger partial charge in [0, 0.05) is 45.0 Å². The van der Waals surface area contributed by atoms with Gasteiger partial charge in [-0.05, 0) is 42.7 Å². The highest BCUT2D eigenvalue weighted by Gasteiger charge is 2.25. The summed E-state index contributed by atoms with van der Waals surface area (Å²) < 4.78 is 29.1. The second-order valence-electron chi connectivity index (χ2n) is 7.55. The number of halogens is 3. The quantitative estimate of drug-likeness (QED) is 0.278.